The van der Waals surface area contributed by atoms with Crippen molar-refractivity contribution in [3.63, 3.8) is 0 Å². The van der Waals surface area contributed by atoms with Crippen molar-refractivity contribution >= 4 is 28.2 Å². The average molecular weight is 285 g/mol. The van der Waals surface area contributed by atoms with Gasteiger partial charge in [-0.2, -0.15) is 0 Å². The summed E-state index contributed by atoms with van der Waals surface area (Å²) in [6, 6.07) is 18.5. The van der Waals surface area contributed by atoms with Crippen molar-refractivity contribution in [2.45, 2.75) is 13.0 Å². The number of benzene rings is 2. The maximum atomic E-state index is 6.00. The molecule has 0 aliphatic rings. The van der Waals surface area contributed by atoms with Gasteiger partial charge >= 0.3 is 0 Å². The van der Waals surface area contributed by atoms with E-state index in [1.54, 1.807) is 0 Å². The van der Waals surface area contributed by atoms with Gasteiger partial charge < -0.3 is 9.88 Å². The van der Waals surface area contributed by atoms with E-state index in [2.05, 4.69) is 40.3 Å². The first-order chi connectivity index (χ1) is 9.83. The molecule has 0 amide bonds. The van der Waals surface area contributed by atoms with Crippen LogP contribution in [-0.4, -0.2) is 11.1 Å². The van der Waals surface area contributed by atoms with E-state index < -0.39 is 0 Å². The third-order valence-electron chi connectivity index (χ3n) is 3.41. The summed E-state index contributed by atoms with van der Waals surface area (Å²) in [6.45, 7) is 1.97. The quantitative estimate of drug-likeness (QED) is 0.666. The molecule has 0 aliphatic heterocycles. The highest BCUT2D eigenvalue weighted by atomic mass is 35.5. The topological polar surface area (TPSA) is 17.0 Å². The van der Waals surface area contributed by atoms with Gasteiger partial charge in [0.25, 0.3) is 0 Å². The summed E-state index contributed by atoms with van der Waals surface area (Å²) in [6.07, 6.45) is 3.21. The molecule has 2 nitrogen and oxygen atoms in total. The smallest absolute Gasteiger partial charge is 0.0481 e. The van der Waals surface area contributed by atoms with E-state index in [4.69, 9.17) is 11.6 Å². The first-order valence-corrected chi connectivity index (χ1v) is 7.24. The fourth-order valence-corrected chi connectivity index (χ4v) is 2.58. The second kappa shape index (κ2) is 6.02. The largest absolute Gasteiger partial charge is 0.385 e. The predicted octanol–water partition coefficient (Wildman–Crippen LogP) is 4.80. The Morgan fingerprint density at radius 3 is 2.70 bits per heavy atom. The molecule has 2 aromatic carbocycles. The first-order valence-electron chi connectivity index (χ1n) is 6.86. The molecule has 20 heavy (non-hydrogen) atoms. The number of hydrogen-bond donors (Lipinski definition) is 1. The number of nitrogens with zero attached hydrogens (tertiary/aromatic N) is 1. The van der Waals surface area contributed by atoms with E-state index in [0.717, 1.165) is 24.5 Å². The summed E-state index contributed by atoms with van der Waals surface area (Å²) in [4.78, 5) is 0. The molecule has 0 saturated heterocycles. The van der Waals surface area contributed by atoms with Crippen LogP contribution < -0.4 is 5.32 Å². The van der Waals surface area contributed by atoms with Gasteiger partial charge in [0.2, 0.25) is 0 Å². The first kappa shape index (κ1) is 13.1. The zero-order valence-corrected chi connectivity index (χ0v) is 12.0. The number of halogens is 1. The Kier molecular flexibility index (Phi) is 3.93. The molecular weight excluding hydrogens is 268 g/mol. The van der Waals surface area contributed by atoms with Gasteiger partial charge in [-0.05, 0) is 42.8 Å². The monoisotopic (exact) mass is 284 g/mol. The minimum Gasteiger partial charge on any atom is -0.385 e. The summed E-state index contributed by atoms with van der Waals surface area (Å²) >= 11 is 6.00. The van der Waals surface area contributed by atoms with Crippen LogP contribution in [0.1, 0.15) is 6.42 Å². The number of anilines is 1. The maximum Gasteiger partial charge on any atom is 0.0481 e. The third-order valence-corrected chi connectivity index (χ3v) is 3.65. The number of aromatic nitrogens is 1. The second-order valence-corrected chi connectivity index (χ2v) is 5.30. The van der Waals surface area contributed by atoms with Crippen LogP contribution in [0.3, 0.4) is 0 Å². The zero-order chi connectivity index (χ0) is 13.8. The Labute approximate surface area is 124 Å². The van der Waals surface area contributed by atoms with Crippen molar-refractivity contribution in [3.05, 3.63) is 65.8 Å². The van der Waals surface area contributed by atoms with E-state index in [-0.39, 0.29) is 0 Å². The van der Waals surface area contributed by atoms with Gasteiger partial charge in [-0.25, -0.2) is 0 Å². The Morgan fingerprint density at radius 1 is 1.00 bits per heavy atom. The molecule has 1 N–H and O–H groups in total. The molecule has 1 heterocycles. The highest BCUT2D eigenvalue weighted by Crippen LogP contribution is 2.20. The number of para-hydroxylation sites is 1. The SMILES string of the molecule is Clc1ccc2c(ccn2CCCNc2ccccc2)c1. The lowest BCUT2D eigenvalue weighted by molar-refractivity contribution is 0.683. The van der Waals surface area contributed by atoms with Gasteiger partial charge in [0.15, 0.2) is 0 Å². The molecule has 0 unspecified atom stereocenters. The van der Waals surface area contributed by atoms with Crippen LogP contribution in [0.2, 0.25) is 5.02 Å². The van der Waals surface area contributed by atoms with Crippen molar-refractivity contribution in [1.82, 2.24) is 4.57 Å². The molecule has 0 spiro atoms. The Morgan fingerprint density at radius 2 is 1.85 bits per heavy atom. The minimum atomic E-state index is 0.793. The van der Waals surface area contributed by atoms with Crippen molar-refractivity contribution in [2.24, 2.45) is 0 Å². The summed E-state index contributed by atoms with van der Waals surface area (Å²) in [5, 5.41) is 5.42. The van der Waals surface area contributed by atoms with Crippen LogP contribution in [0.15, 0.2) is 60.8 Å². The van der Waals surface area contributed by atoms with Crippen LogP contribution in [0.25, 0.3) is 10.9 Å². The zero-order valence-electron chi connectivity index (χ0n) is 11.2. The number of aryl methyl sites for hydroxylation is 1. The van der Waals surface area contributed by atoms with E-state index in [1.165, 1.54) is 16.6 Å². The number of nitrogens with one attached hydrogen (secondary N) is 1. The summed E-state index contributed by atoms with van der Waals surface area (Å²) < 4.78 is 2.28. The van der Waals surface area contributed by atoms with Gasteiger partial charge in [-0.1, -0.05) is 29.8 Å². The third kappa shape index (κ3) is 2.97. The van der Waals surface area contributed by atoms with Crippen LogP contribution >= 0.6 is 11.6 Å². The standard InChI is InChI=1S/C17H17ClN2/c18-15-7-8-17-14(13-15)9-12-20(17)11-4-10-19-16-5-2-1-3-6-16/h1-3,5-9,12-13,19H,4,10-11H2. The lowest BCUT2D eigenvalue weighted by Crippen LogP contribution is -2.05. The molecule has 3 heteroatoms. The molecule has 0 saturated carbocycles. The van der Waals surface area contributed by atoms with Crippen LogP contribution in [0.4, 0.5) is 5.69 Å². The summed E-state index contributed by atoms with van der Waals surface area (Å²) in [5.41, 5.74) is 2.42. The van der Waals surface area contributed by atoms with Gasteiger partial charge in [0.05, 0.1) is 0 Å². The fourth-order valence-electron chi connectivity index (χ4n) is 2.40. The molecular formula is C17H17ClN2. The van der Waals surface area contributed by atoms with Crippen molar-refractivity contribution < 1.29 is 0 Å². The van der Waals surface area contributed by atoms with Gasteiger partial charge in [0.1, 0.15) is 0 Å². The number of hydrogen-bond acceptors (Lipinski definition) is 1. The number of rotatable bonds is 5. The van der Waals surface area contributed by atoms with Crippen molar-refractivity contribution in [1.29, 1.82) is 0 Å². The van der Waals surface area contributed by atoms with Gasteiger partial charge in [-0.15, -0.1) is 0 Å². The lowest BCUT2D eigenvalue weighted by Gasteiger charge is -2.08. The highest BCUT2D eigenvalue weighted by Gasteiger charge is 2.01. The van der Waals surface area contributed by atoms with E-state index >= 15 is 0 Å². The molecule has 0 aliphatic carbocycles. The van der Waals surface area contributed by atoms with Gasteiger partial charge in [-0.3, -0.25) is 0 Å². The Balaban J connectivity index is 1.58. The second-order valence-electron chi connectivity index (χ2n) is 4.86. The van der Waals surface area contributed by atoms with E-state index in [0.29, 0.717) is 0 Å². The summed E-state index contributed by atoms with van der Waals surface area (Å²) in [5.74, 6) is 0. The number of fused-ring (bicyclic) bond motifs is 1. The molecule has 3 rings (SSSR count). The van der Waals surface area contributed by atoms with Crippen LogP contribution in [0.5, 0.6) is 0 Å². The van der Waals surface area contributed by atoms with Crippen LogP contribution in [-0.2, 0) is 6.54 Å². The molecule has 3 aromatic rings. The highest BCUT2D eigenvalue weighted by molar-refractivity contribution is 6.31. The Bertz CT molecular complexity index is 689. The Hall–Kier alpha value is -1.93. The van der Waals surface area contributed by atoms with Crippen molar-refractivity contribution in [2.75, 3.05) is 11.9 Å². The van der Waals surface area contributed by atoms with Crippen molar-refractivity contribution in [3.8, 4) is 0 Å². The van der Waals surface area contributed by atoms with Crippen LogP contribution in [0, 0.1) is 0 Å². The fraction of sp³-hybridized carbons (Fsp3) is 0.176. The molecule has 0 radical (unpaired) electrons. The molecule has 0 atom stereocenters. The van der Waals surface area contributed by atoms with E-state index in [1.807, 2.05) is 30.3 Å². The minimum absolute atomic E-state index is 0.793. The molecule has 1 aromatic heterocycles. The molecule has 0 bridgehead atoms. The normalized spacial score (nSPS) is 10.8. The summed E-state index contributed by atoms with van der Waals surface area (Å²) in [7, 11) is 0. The molecule has 0 fully saturated rings. The average Bonchev–Trinajstić information content (AvgIpc) is 2.87. The molecule has 102 valence electrons. The predicted molar refractivity (Wildman–Crippen MR) is 86.5 cm³/mol. The maximum absolute atomic E-state index is 6.00. The lowest BCUT2D eigenvalue weighted by atomic mass is 10.2. The van der Waals surface area contributed by atoms with Gasteiger partial charge in [0, 0.05) is 40.9 Å². The van der Waals surface area contributed by atoms with E-state index in [9.17, 15) is 0 Å².